The quantitative estimate of drug-likeness (QED) is 0.847. The minimum absolute atomic E-state index is 0.0311. The topological polar surface area (TPSA) is 76.5 Å². The zero-order valence-corrected chi connectivity index (χ0v) is 13.3. The Morgan fingerprint density at radius 3 is 3.14 bits per heavy atom. The molecular weight excluding hydrogens is 304 g/mol. The summed E-state index contributed by atoms with van der Waals surface area (Å²) in [5, 5.41) is 7.25. The Hall–Kier alpha value is -1.54. The molecule has 2 fully saturated rings. The average Bonchev–Trinajstić information content (AvgIpc) is 3.20. The van der Waals surface area contributed by atoms with Crippen LogP contribution in [-0.4, -0.2) is 57.3 Å². The molecule has 2 saturated heterocycles. The van der Waals surface area contributed by atoms with Crippen molar-refractivity contribution in [3.05, 3.63) is 18.0 Å². The van der Waals surface area contributed by atoms with Crippen LogP contribution in [0.15, 0.2) is 12.4 Å². The Kier molecular flexibility index (Phi) is 4.68. The molecule has 2 atom stereocenters. The third-order valence-corrected chi connectivity index (χ3v) is 4.85. The highest BCUT2D eigenvalue weighted by Gasteiger charge is 2.32. The summed E-state index contributed by atoms with van der Waals surface area (Å²) in [6.07, 6.45) is 4.36. The molecule has 22 heavy (non-hydrogen) atoms. The maximum absolute atomic E-state index is 12.1. The van der Waals surface area contributed by atoms with Crippen LogP contribution in [0.25, 0.3) is 0 Å². The van der Waals surface area contributed by atoms with Gasteiger partial charge in [-0.15, -0.1) is 11.8 Å². The summed E-state index contributed by atoms with van der Waals surface area (Å²) in [5.41, 5.74) is 0.984. The van der Waals surface area contributed by atoms with Crippen LogP contribution in [0.1, 0.15) is 25.0 Å². The summed E-state index contributed by atoms with van der Waals surface area (Å²) in [6, 6.07) is -0.0626. The van der Waals surface area contributed by atoms with Crippen molar-refractivity contribution in [1.82, 2.24) is 20.0 Å². The maximum atomic E-state index is 12.1. The van der Waals surface area contributed by atoms with E-state index in [0.717, 1.165) is 18.5 Å². The fraction of sp³-hybridized carbons (Fsp3) is 0.643. The second-order valence-electron chi connectivity index (χ2n) is 5.45. The van der Waals surface area contributed by atoms with E-state index in [1.165, 1.54) is 11.8 Å². The van der Waals surface area contributed by atoms with Crippen LogP contribution in [0.4, 0.5) is 0 Å². The largest absolute Gasteiger partial charge is 0.371 e. The molecule has 120 valence electrons. The second kappa shape index (κ2) is 6.70. The van der Waals surface area contributed by atoms with Crippen molar-refractivity contribution in [2.75, 3.05) is 24.8 Å². The molecule has 0 unspecified atom stereocenters. The minimum Gasteiger partial charge on any atom is -0.371 e. The summed E-state index contributed by atoms with van der Waals surface area (Å²) in [5.74, 6) is 0.974. The van der Waals surface area contributed by atoms with E-state index in [9.17, 15) is 9.59 Å². The van der Waals surface area contributed by atoms with E-state index in [2.05, 4.69) is 10.4 Å². The maximum Gasteiger partial charge on any atom is 0.239 e. The van der Waals surface area contributed by atoms with Crippen molar-refractivity contribution in [2.24, 2.45) is 0 Å². The van der Waals surface area contributed by atoms with Gasteiger partial charge < -0.3 is 15.0 Å². The normalized spacial score (nSPS) is 25.0. The van der Waals surface area contributed by atoms with Gasteiger partial charge in [-0.1, -0.05) is 0 Å². The molecular formula is C14H20N4O3S. The van der Waals surface area contributed by atoms with Crippen molar-refractivity contribution >= 4 is 23.6 Å². The van der Waals surface area contributed by atoms with Crippen LogP contribution in [0.3, 0.4) is 0 Å². The zero-order valence-electron chi connectivity index (χ0n) is 12.5. The van der Waals surface area contributed by atoms with Crippen molar-refractivity contribution in [2.45, 2.75) is 32.0 Å². The molecule has 0 spiro atoms. The van der Waals surface area contributed by atoms with Crippen molar-refractivity contribution in [3.8, 4) is 0 Å². The second-order valence-corrected chi connectivity index (χ2v) is 6.41. The molecule has 8 heteroatoms. The molecule has 7 nitrogen and oxygen atoms in total. The van der Waals surface area contributed by atoms with Crippen LogP contribution < -0.4 is 5.32 Å². The number of amides is 2. The lowest BCUT2D eigenvalue weighted by Crippen LogP contribution is -2.43. The summed E-state index contributed by atoms with van der Waals surface area (Å²) >= 11 is 1.54. The number of hydrogen-bond donors (Lipinski definition) is 1. The highest BCUT2D eigenvalue weighted by Crippen LogP contribution is 2.28. The highest BCUT2D eigenvalue weighted by molar-refractivity contribution is 8.00. The number of carbonyl (C=O) groups is 2. The fourth-order valence-electron chi connectivity index (χ4n) is 2.73. The number of ether oxygens (including phenoxy) is 1. The van der Waals surface area contributed by atoms with Gasteiger partial charge in [0.05, 0.1) is 23.9 Å². The third kappa shape index (κ3) is 3.27. The third-order valence-electron chi connectivity index (χ3n) is 3.90. The van der Waals surface area contributed by atoms with Gasteiger partial charge in [0.15, 0.2) is 0 Å². The minimum atomic E-state index is -0.159. The van der Waals surface area contributed by atoms with Crippen LogP contribution in [0, 0.1) is 0 Å². The highest BCUT2D eigenvalue weighted by atomic mass is 32.2. The van der Waals surface area contributed by atoms with Crippen molar-refractivity contribution < 1.29 is 14.3 Å². The lowest BCUT2D eigenvalue weighted by Gasteiger charge is -2.21. The average molecular weight is 324 g/mol. The zero-order chi connectivity index (χ0) is 15.5. The van der Waals surface area contributed by atoms with Crippen LogP contribution in [-0.2, 0) is 20.9 Å². The number of hydrogen-bond acceptors (Lipinski definition) is 5. The van der Waals surface area contributed by atoms with Crippen LogP contribution in [0.2, 0.25) is 0 Å². The predicted octanol–water partition coefficient (Wildman–Crippen LogP) is 0.382. The Labute approximate surface area is 133 Å². The molecule has 3 rings (SSSR count). The number of rotatable bonds is 5. The molecule has 0 aliphatic carbocycles. The molecule has 3 heterocycles. The lowest BCUT2D eigenvalue weighted by molar-refractivity contribution is -0.132. The van der Waals surface area contributed by atoms with E-state index >= 15 is 0 Å². The summed E-state index contributed by atoms with van der Waals surface area (Å²) in [4.78, 5) is 25.3. The van der Waals surface area contributed by atoms with Gasteiger partial charge in [-0.25, -0.2) is 0 Å². The number of aromatic nitrogens is 2. The summed E-state index contributed by atoms with van der Waals surface area (Å²) in [7, 11) is 0. The van der Waals surface area contributed by atoms with Gasteiger partial charge in [0, 0.05) is 24.9 Å². The first kappa shape index (κ1) is 15.4. The first-order chi connectivity index (χ1) is 10.7. The van der Waals surface area contributed by atoms with Crippen LogP contribution in [0.5, 0.6) is 0 Å². The molecule has 1 aromatic heterocycles. The molecule has 0 aromatic carbocycles. The molecule has 0 saturated carbocycles. The van der Waals surface area contributed by atoms with Gasteiger partial charge >= 0.3 is 0 Å². The van der Waals surface area contributed by atoms with Gasteiger partial charge in [0.25, 0.3) is 0 Å². The summed E-state index contributed by atoms with van der Waals surface area (Å²) in [6.45, 7) is 3.57. The van der Waals surface area contributed by atoms with E-state index in [0.29, 0.717) is 18.2 Å². The predicted molar refractivity (Wildman–Crippen MR) is 82.2 cm³/mol. The van der Waals surface area contributed by atoms with Gasteiger partial charge in [0.1, 0.15) is 12.6 Å². The van der Waals surface area contributed by atoms with E-state index in [4.69, 9.17) is 4.74 Å². The van der Waals surface area contributed by atoms with Gasteiger partial charge in [-0.2, -0.15) is 5.10 Å². The molecule has 0 radical (unpaired) electrons. The van der Waals surface area contributed by atoms with E-state index < -0.39 is 0 Å². The molecule has 2 aliphatic rings. The number of nitrogens with one attached hydrogen (secondary N) is 1. The standard InChI is InChI=1S/C14H20N4O3S/c1-2-18-6-10(5-15-18)14-11(3-4-21-14)16-12(19)7-17-9-22-8-13(17)20/h5-6,11,14H,2-4,7-9H2,1H3,(H,16,19)/t11-,14+/m0/s1. The van der Waals surface area contributed by atoms with Crippen LogP contribution >= 0.6 is 11.8 Å². The molecule has 2 aliphatic heterocycles. The molecule has 0 bridgehead atoms. The lowest BCUT2D eigenvalue weighted by atomic mass is 10.1. The molecule has 1 aromatic rings. The smallest absolute Gasteiger partial charge is 0.239 e. The Morgan fingerprint density at radius 2 is 2.45 bits per heavy atom. The fourth-order valence-corrected chi connectivity index (χ4v) is 3.64. The van der Waals surface area contributed by atoms with E-state index in [1.807, 2.05) is 17.8 Å². The first-order valence-electron chi connectivity index (χ1n) is 7.46. The number of aryl methyl sites for hydroxylation is 1. The van der Waals surface area contributed by atoms with Gasteiger partial charge in [-0.05, 0) is 13.3 Å². The number of carbonyl (C=O) groups excluding carboxylic acids is 2. The van der Waals surface area contributed by atoms with Crippen molar-refractivity contribution in [1.29, 1.82) is 0 Å². The van der Waals surface area contributed by atoms with Gasteiger partial charge in [-0.3, -0.25) is 14.3 Å². The summed E-state index contributed by atoms with van der Waals surface area (Å²) < 4.78 is 7.59. The Morgan fingerprint density at radius 1 is 1.59 bits per heavy atom. The van der Waals surface area contributed by atoms with E-state index in [-0.39, 0.29) is 30.5 Å². The van der Waals surface area contributed by atoms with Gasteiger partial charge in [0.2, 0.25) is 11.8 Å². The first-order valence-corrected chi connectivity index (χ1v) is 8.61. The Bertz CT molecular complexity index is 562. The molecule has 2 amide bonds. The SMILES string of the molecule is CCn1cc([C@H]2OCC[C@@H]2NC(=O)CN2CSCC2=O)cn1. The Balaban J connectivity index is 1.58. The van der Waals surface area contributed by atoms with E-state index in [1.54, 1.807) is 11.1 Å². The van der Waals surface area contributed by atoms with Crippen molar-refractivity contribution in [3.63, 3.8) is 0 Å². The number of thioether (sulfide) groups is 1. The number of nitrogens with zero attached hydrogens (tertiary/aromatic N) is 3. The monoisotopic (exact) mass is 324 g/mol. The molecule has 1 N–H and O–H groups in total.